The van der Waals surface area contributed by atoms with Crippen LogP contribution in [-0.4, -0.2) is 25.6 Å². The predicted octanol–water partition coefficient (Wildman–Crippen LogP) is 2.23. The highest BCUT2D eigenvalue weighted by atomic mass is 32.2. The largest absolute Gasteiger partial charge is 0.313 e. The summed E-state index contributed by atoms with van der Waals surface area (Å²) in [4.78, 5) is 10.9. The molecule has 2 nitrogen and oxygen atoms in total. The average molecular weight is 249 g/mol. The molecule has 88 valence electrons. The number of hydrogen-bond acceptors (Lipinski definition) is 3. The van der Waals surface area contributed by atoms with Gasteiger partial charge in [-0.15, -0.1) is 11.8 Å². The fourth-order valence-corrected chi connectivity index (χ4v) is 1.75. The molecule has 0 atom stereocenters. The molecule has 0 bridgehead atoms. The summed E-state index contributed by atoms with van der Waals surface area (Å²) in [6.45, 7) is -0.172. The van der Waals surface area contributed by atoms with E-state index < -0.39 is 33.7 Å². The van der Waals surface area contributed by atoms with Crippen LogP contribution in [0.15, 0.2) is 11.0 Å². The number of carbonyl (C=O) groups is 1. The van der Waals surface area contributed by atoms with Gasteiger partial charge in [-0.3, -0.25) is 4.79 Å². The van der Waals surface area contributed by atoms with E-state index in [9.17, 15) is 18.0 Å². The van der Waals surface area contributed by atoms with Crippen LogP contribution in [0.2, 0.25) is 0 Å². The molecule has 0 spiro atoms. The predicted molar refractivity (Wildman–Crippen MR) is 56.4 cm³/mol. The Kier molecular flexibility index (Phi) is 4.37. The van der Waals surface area contributed by atoms with E-state index in [1.54, 1.807) is 0 Å². The molecule has 0 aliphatic rings. The molecule has 0 fully saturated rings. The lowest BCUT2D eigenvalue weighted by atomic mass is 10.1. The number of benzene rings is 1. The minimum atomic E-state index is -1.31. The van der Waals surface area contributed by atoms with Crippen LogP contribution < -0.4 is 5.32 Å². The summed E-state index contributed by atoms with van der Waals surface area (Å²) in [5.41, 5.74) is -0.567. The van der Waals surface area contributed by atoms with Crippen LogP contribution in [-0.2, 0) is 0 Å². The number of carbonyl (C=O) groups excluding carboxylic acids is 1. The highest BCUT2D eigenvalue weighted by molar-refractivity contribution is 7.98. The lowest BCUT2D eigenvalue weighted by Crippen LogP contribution is -2.20. The summed E-state index contributed by atoms with van der Waals surface area (Å²) in [5.74, 6) is -4.23. The van der Waals surface area contributed by atoms with Gasteiger partial charge in [-0.2, -0.15) is 0 Å². The van der Waals surface area contributed by atoms with Gasteiger partial charge in [0.2, 0.25) is 0 Å². The maximum atomic E-state index is 13.4. The molecule has 1 rings (SSSR count). The van der Waals surface area contributed by atoms with Gasteiger partial charge in [0.1, 0.15) is 5.82 Å². The lowest BCUT2D eigenvalue weighted by Gasteiger charge is -2.07. The Morgan fingerprint density at radius 1 is 1.38 bits per heavy atom. The molecule has 0 saturated carbocycles. The van der Waals surface area contributed by atoms with E-state index in [2.05, 4.69) is 5.32 Å². The van der Waals surface area contributed by atoms with Crippen molar-refractivity contribution < 1.29 is 18.0 Å². The summed E-state index contributed by atoms with van der Waals surface area (Å²) in [5, 5.41) is 2.49. The molecule has 0 aliphatic carbocycles. The van der Waals surface area contributed by atoms with E-state index in [4.69, 9.17) is 0 Å². The molecule has 1 N–H and O–H groups in total. The van der Waals surface area contributed by atoms with Gasteiger partial charge in [0.25, 0.3) is 0 Å². The summed E-state index contributed by atoms with van der Waals surface area (Å²) >= 11 is 0.753. The van der Waals surface area contributed by atoms with Crippen molar-refractivity contribution in [1.29, 1.82) is 0 Å². The van der Waals surface area contributed by atoms with E-state index in [0.29, 0.717) is 0 Å². The highest BCUT2D eigenvalue weighted by Gasteiger charge is 2.21. The van der Waals surface area contributed by atoms with Crippen molar-refractivity contribution in [3.63, 3.8) is 0 Å². The molecule has 0 amide bonds. The fourth-order valence-electron chi connectivity index (χ4n) is 1.22. The van der Waals surface area contributed by atoms with Crippen LogP contribution in [0.3, 0.4) is 0 Å². The van der Waals surface area contributed by atoms with Crippen molar-refractivity contribution in [1.82, 2.24) is 5.32 Å². The SMILES string of the molecule is CNCC(=O)c1cc(F)c(SC)c(F)c1F. The van der Waals surface area contributed by atoms with Gasteiger partial charge in [-0.1, -0.05) is 0 Å². The molecule has 0 aromatic heterocycles. The molecule has 0 radical (unpaired) electrons. The van der Waals surface area contributed by atoms with Crippen molar-refractivity contribution in [2.75, 3.05) is 19.8 Å². The van der Waals surface area contributed by atoms with Crippen LogP contribution in [0.1, 0.15) is 10.4 Å². The first-order valence-electron chi connectivity index (χ1n) is 4.42. The average Bonchev–Trinajstić information content (AvgIpc) is 2.24. The topological polar surface area (TPSA) is 29.1 Å². The van der Waals surface area contributed by atoms with Gasteiger partial charge in [-0.05, 0) is 19.4 Å². The first-order chi connectivity index (χ1) is 7.52. The maximum absolute atomic E-state index is 13.4. The quantitative estimate of drug-likeness (QED) is 0.504. The number of rotatable bonds is 4. The van der Waals surface area contributed by atoms with Gasteiger partial charge in [-0.25, -0.2) is 13.2 Å². The van der Waals surface area contributed by atoms with Crippen molar-refractivity contribution in [2.45, 2.75) is 4.90 Å². The summed E-state index contributed by atoms with van der Waals surface area (Å²) in [7, 11) is 1.48. The first-order valence-corrected chi connectivity index (χ1v) is 5.64. The Bertz CT molecular complexity index is 423. The zero-order valence-electron chi connectivity index (χ0n) is 8.73. The number of ketones is 1. The summed E-state index contributed by atoms with van der Waals surface area (Å²) < 4.78 is 40.0. The minimum absolute atomic E-state index is 0.172. The number of Topliss-reactive ketones (excluding diaryl/α,β-unsaturated/α-hetero) is 1. The lowest BCUT2D eigenvalue weighted by molar-refractivity contribution is 0.0988. The van der Waals surface area contributed by atoms with Gasteiger partial charge < -0.3 is 5.32 Å². The monoisotopic (exact) mass is 249 g/mol. The highest BCUT2D eigenvalue weighted by Crippen LogP contribution is 2.27. The molecule has 0 unspecified atom stereocenters. The number of nitrogens with one attached hydrogen (secondary N) is 1. The number of hydrogen-bond donors (Lipinski definition) is 1. The molecule has 1 aromatic rings. The minimum Gasteiger partial charge on any atom is -0.313 e. The van der Waals surface area contributed by atoms with Gasteiger partial charge >= 0.3 is 0 Å². The first kappa shape index (κ1) is 13.1. The van der Waals surface area contributed by atoms with E-state index in [-0.39, 0.29) is 6.54 Å². The molecular weight excluding hydrogens is 239 g/mol. The summed E-state index contributed by atoms with van der Waals surface area (Å²) in [6.07, 6.45) is 1.43. The molecular formula is C10H10F3NOS. The number of thioether (sulfide) groups is 1. The fraction of sp³-hybridized carbons (Fsp3) is 0.300. The number of halogens is 3. The van der Waals surface area contributed by atoms with E-state index in [1.165, 1.54) is 13.3 Å². The van der Waals surface area contributed by atoms with Gasteiger partial charge in [0, 0.05) is 0 Å². The second kappa shape index (κ2) is 5.36. The Labute approximate surface area is 95.2 Å². The van der Waals surface area contributed by atoms with Gasteiger partial charge in [0.15, 0.2) is 17.4 Å². The normalized spacial score (nSPS) is 10.6. The van der Waals surface area contributed by atoms with E-state index >= 15 is 0 Å². The van der Waals surface area contributed by atoms with Crippen molar-refractivity contribution in [3.05, 3.63) is 29.1 Å². The third-order valence-corrected chi connectivity index (χ3v) is 2.74. The smallest absolute Gasteiger partial charge is 0.179 e. The van der Waals surface area contributed by atoms with Crippen molar-refractivity contribution in [2.24, 2.45) is 0 Å². The Hall–Kier alpha value is -1.01. The third kappa shape index (κ3) is 2.38. The van der Waals surface area contributed by atoms with Crippen molar-refractivity contribution >= 4 is 17.5 Å². The molecule has 0 heterocycles. The Morgan fingerprint density at radius 3 is 2.50 bits per heavy atom. The Balaban J connectivity index is 3.28. The van der Waals surface area contributed by atoms with Crippen LogP contribution in [0.25, 0.3) is 0 Å². The second-order valence-corrected chi connectivity index (χ2v) is 3.84. The van der Waals surface area contributed by atoms with E-state index in [1.807, 2.05) is 0 Å². The standard InChI is InChI=1S/C10H10F3NOS/c1-14-4-7(15)5-3-6(11)10(16-2)9(13)8(5)12/h3,14H,4H2,1-2H3. The zero-order chi connectivity index (χ0) is 12.3. The maximum Gasteiger partial charge on any atom is 0.179 e. The van der Waals surface area contributed by atoms with Crippen molar-refractivity contribution in [3.8, 4) is 0 Å². The molecule has 6 heteroatoms. The van der Waals surface area contributed by atoms with Crippen LogP contribution in [0.5, 0.6) is 0 Å². The van der Waals surface area contributed by atoms with E-state index in [0.717, 1.165) is 17.8 Å². The summed E-state index contributed by atoms with van der Waals surface area (Å²) in [6, 6.07) is 0.726. The molecule has 0 saturated heterocycles. The Morgan fingerprint density at radius 2 is 2.00 bits per heavy atom. The zero-order valence-corrected chi connectivity index (χ0v) is 9.55. The molecule has 0 aliphatic heterocycles. The van der Waals surface area contributed by atoms with Crippen LogP contribution >= 0.6 is 11.8 Å². The molecule has 16 heavy (non-hydrogen) atoms. The molecule has 1 aromatic carbocycles. The van der Waals surface area contributed by atoms with Gasteiger partial charge in [0.05, 0.1) is 17.0 Å². The third-order valence-electron chi connectivity index (χ3n) is 1.96. The van der Waals surface area contributed by atoms with Crippen LogP contribution in [0, 0.1) is 17.5 Å². The second-order valence-electron chi connectivity index (χ2n) is 3.02. The van der Waals surface area contributed by atoms with Crippen LogP contribution in [0.4, 0.5) is 13.2 Å². The number of likely N-dealkylation sites (N-methyl/N-ethyl adjacent to an activating group) is 1.